The summed E-state index contributed by atoms with van der Waals surface area (Å²) in [5.41, 5.74) is 20.7. The molecule has 1 heteroatoms. The summed E-state index contributed by atoms with van der Waals surface area (Å²) < 4.78 is 0. The minimum absolute atomic E-state index is 0.0526. The fraction of sp³-hybridized carbons (Fsp3) is 0.0492. The molecule has 0 heterocycles. The Morgan fingerprint density at radius 3 is 1.53 bits per heavy atom. The highest BCUT2D eigenvalue weighted by atomic mass is 15.1. The van der Waals surface area contributed by atoms with Gasteiger partial charge in [-0.05, 0) is 119 Å². The van der Waals surface area contributed by atoms with Gasteiger partial charge in [0.15, 0.2) is 0 Å². The van der Waals surface area contributed by atoms with Crippen LogP contribution in [0.1, 0.15) is 25.0 Å². The van der Waals surface area contributed by atoms with Gasteiger partial charge in [0.1, 0.15) is 0 Å². The molecule has 1 nitrogen and oxygen atoms in total. The van der Waals surface area contributed by atoms with E-state index in [0.29, 0.717) is 0 Å². The molecule has 0 spiro atoms. The third-order valence-corrected chi connectivity index (χ3v) is 12.9. The molecular formula is C61H45N. The van der Waals surface area contributed by atoms with Crippen molar-refractivity contribution in [3.05, 3.63) is 248 Å². The molecule has 10 aromatic carbocycles. The monoisotopic (exact) mass is 791 g/mol. The first-order valence-electron chi connectivity index (χ1n) is 21.6. The predicted octanol–water partition coefficient (Wildman–Crippen LogP) is 17.0. The molecule has 0 aromatic heterocycles. The summed E-state index contributed by atoms with van der Waals surface area (Å²) in [5.74, 6) is 0. The van der Waals surface area contributed by atoms with E-state index in [2.05, 4.69) is 255 Å². The Labute approximate surface area is 364 Å². The van der Waals surface area contributed by atoms with Gasteiger partial charge in [0, 0.05) is 22.4 Å². The van der Waals surface area contributed by atoms with Crippen molar-refractivity contribution in [2.75, 3.05) is 4.90 Å². The third-order valence-electron chi connectivity index (χ3n) is 12.9. The zero-order valence-electron chi connectivity index (χ0n) is 35.0. The molecule has 62 heavy (non-hydrogen) atoms. The number of rotatable bonds is 8. The molecule has 11 rings (SSSR count). The molecule has 0 saturated carbocycles. The van der Waals surface area contributed by atoms with E-state index >= 15 is 0 Å². The summed E-state index contributed by atoms with van der Waals surface area (Å²) in [6.45, 7) is 4.70. The molecule has 0 bridgehead atoms. The van der Waals surface area contributed by atoms with E-state index < -0.39 is 0 Å². The van der Waals surface area contributed by atoms with E-state index in [4.69, 9.17) is 0 Å². The first-order valence-corrected chi connectivity index (χ1v) is 21.6. The summed E-state index contributed by atoms with van der Waals surface area (Å²) in [6.07, 6.45) is 0. The molecule has 1 aliphatic carbocycles. The SMILES string of the molecule is CC1(C)c2ccccc2-c2c(-c3ccc(N(c4cccc(-c5ccc(-c6ccccc6)cc5)c4)c4ccccc4-c4ccc(-c5ccc6ccccc6c5)cc4)cc3)cccc21. The normalized spacial score (nSPS) is 12.5. The molecule has 0 saturated heterocycles. The summed E-state index contributed by atoms with van der Waals surface area (Å²) >= 11 is 0. The molecule has 10 aromatic rings. The molecule has 1 aliphatic rings. The van der Waals surface area contributed by atoms with E-state index in [1.807, 2.05) is 0 Å². The second kappa shape index (κ2) is 15.4. The number of anilines is 3. The Morgan fingerprint density at radius 2 is 0.774 bits per heavy atom. The van der Waals surface area contributed by atoms with Crippen LogP contribution in [-0.4, -0.2) is 0 Å². The van der Waals surface area contributed by atoms with Crippen LogP contribution in [0.15, 0.2) is 237 Å². The Bertz CT molecular complexity index is 3230. The number of para-hydroxylation sites is 1. The smallest absolute Gasteiger partial charge is 0.0540 e. The topological polar surface area (TPSA) is 3.24 Å². The molecule has 0 atom stereocenters. The largest absolute Gasteiger partial charge is 0.310 e. The van der Waals surface area contributed by atoms with Gasteiger partial charge in [-0.2, -0.15) is 0 Å². The second-order valence-electron chi connectivity index (χ2n) is 16.9. The maximum Gasteiger partial charge on any atom is 0.0540 e. The maximum atomic E-state index is 2.42. The van der Waals surface area contributed by atoms with Gasteiger partial charge < -0.3 is 4.90 Å². The Balaban J connectivity index is 1.01. The molecule has 294 valence electrons. The van der Waals surface area contributed by atoms with Gasteiger partial charge in [0.25, 0.3) is 0 Å². The van der Waals surface area contributed by atoms with Crippen LogP contribution in [0.2, 0.25) is 0 Å². The van der Waals surface area contributed by atoms with Crippen LogP contribution in [0.4, 0.5) is 17.1 Å². The first-order chi connectivity index (χ1) is 30.5. The lowest BCUT2D eigenvalue weighted by molar-refractivity contribution is 0.660. The van der Waals surface area contributed by atoms with Gasteiger partial charge in [0.2, 0.25) is 0 Å². The van der Waals surface area contributed by atoms with Gasteiger partial charge in [-0.15, -0.1) is 0 Å². The van der Waals surface area contributed by atoms with Crippen LogP contribution in [0.3, 0.4) is 0 Å². The fourth-order valence-electron chi connectivity index (χ4n) is 9.65. The summed E-state index contributed by atoms with van der Waals surface area (Å²) in [4.78, 5) is 2.42. The van der Waals surface area contributed by atoms with E-state index in [1.54, 1.807) is 0 Å². The number of nitrogens with zero attached hydrogens (tertiary/aromatic N) is 1. The minimum atomic E-state index is -0.0526. The van der Waals surface area contributed by atoms with Crippen molar-refractivity contribution in [2.24, 2.45) is 0 Å². The maximum absolute atomic E-state index is 2.42. The van der Waals surface area contributed by atoms with E-state index in [9.17, 15) is 0 Å². The molecule has 0 aliphatic heterocycles. The number of hydrogen-bond donors (Lipinski definition) is 0. The van der Waals surface area contributed by atoms with E-state index in [1.165, 1.54) is 88.7 Å². The Hall–Kier alpha value is -7.74. The zero-order chi connectivity index (χ0) is 41.6. The molecule has 0 fully saturated rings. The molecule has 0 N–H and O–H groups in total. The average Bonchev–Trinajstić information content (AvgIpc) is 3.58. The quantitative estimate of drug-likeness (QED) is 0.148. The van der Waals surface area contributed by atoms with Crippen molar-refractivity contribution < 1.29 is 0 Å². The van der Waals surface area contributed by atoms with Gasteiger partial charge in [0.05, 0.1) is 5.69 Å². The minimum Gasteiger partial charge on any atom is -0.310 e. The summed E-state index contributed by atoms with van der Waals surface area (Å²) in [6, 6.07) is 86.6. The van der Waals surface area contributed by atoms with Crippen molar-refractivity contribution in [2.45, 2.75) is 19.3 Å². The predicted molar refractivity (Wildman–Crippen MR) is 263 cm³/mol. The highest BCUT2D eigenvalue weighted by molar-refractivity contribution is 5.94. The summed E-state index contributed by atoms with van der Waals surface area (Å²) in [5, 5.41) is 2.51. The number of hydrogen-bond acceptors (Lipinski definition) is 1. The highest BCUT2D eigenvalue weighted by Crippen LogP contribution is 2.52. The van der Waals surface area contributed by atoms with Crippen molar-refractivity contribution in [3.63, 3.8) is 0 Å². The lowest BCUT2D eigenvalue weighted by atomic mass is 9.82. The van der Waals surface area contributed by atoms with Crippen LogP contribution in [0, 0.1) is 0 Å². The van der Waals surface area contributed by atoms with Crippen LogP contribution >= 0.6 is 0 Å². The van der Waals surface area contributed by atoms with Crippen molar-refractivity contribution >= 4 is 27.8 Å². The third kappa shape index (κ3) is 6.60. The number of benzene rings is 10. The number of fused-ring (bicyclic) bond motifs is 4. The van der Waals surface area contributed by atoms with Crippen LogP contribution in [-0.2, 0) is 5.41 Å². The molecule has 0 unspecified atom stereocenters. The second-order valence-corrected chi connectivity index (χ2v) is 16.9. The van der Waals surface area contributed by atoms with Gasteiger partial charge in [-0.1, -0.05) is 214 Å². The van der Waals surface area contributed by atoms with Gasteiger partial charge in [-0.3, -0.25) is 0 Å². The van der Waals surface area contributed by atoms with Crippen LogP contribution < -0.4 is 4.90 Å². The molecule has 0 radical (unpaired) electrons. The van der Waals surface area contributed by atoms with Crippen LogP contribution in [0.5, 0.6) is 0 Å². The lowest BCUT2D eigenvalue weighted by Crippen LogP contribution is -2.14. The van der Waals surface area contributed by atoms with Crippen molar-refractivity contribution in [1.29, 1.82) is 0 Å². The summed E-state index contributed by atoms with van der Waals surface area (Å²) in [7, 11) is 0. The zero-order valence-corrected chi connectivity index (χ0v) is 35.0. The van der Waals surface area contributed by atoms with E-state index in [0.717, 1.165) is 17.1 Å². The standard InChI is InChI=1S/C61H45N/c1-61(2)57-23-10-8-21-56(57)60-55(22-13-24-58(60)61)48-36-38-52(39-37-48)62(53-19-12-18-50(41-53)45-28-26-44(27-29-45)42-14-4-3-5-15-42)59-25-11-9-20-54(59)47-33-30-46(31-34-47)51-35-32-43-16-6-7-17-49(43)40-51/h3-41H,1-2H3. The Kier molecular flexibility index (Phi) is 9.24. The highest BCUT2D eigenvalue weighted by Gasteiger charge is 2.36. The van der Waals surface area contributed by atoms with Gasteiger partial charge >= 0.3 is 0 Å². The fourth-order valence-corrected chi connectivity index (χ4v) is 9.65. The van der Waals surface area contributed by atoms with Gasteiger partial charge in [-0.25, -0.2) is 0 Å². The average molecular weight is 792 g/mol. The van der Waals surface area contributed by atoms with E-state index in [-0.39, 0.29) is 5.41 Å². The lowest BCUT2D eigenvalue weighted by Gasteiger charge is -2.28. The van der Waals surface area contributed by atoms with Crippen molar-refractivity contribution in [3.8, 4) is 66.8 Å². The molecule has 0 amide bonds. The first kappa shape index (κ1) is 37.3. The Morgan fingerprint density at radius 1 is 0.290 bits per heavy atom. The van der Waals surface area contributed by atoms with Crippen LogP contribution in [0.25, 0.3) is 77.5 Å². The van der Waals surface area contributed by atoms with Crippen molar-refractivity contribution in [1.82, 2.24) is 0 Å². The molecular weight excluding hydrogens is 747 g/mol.